The quantitative estimate of drug-likeness (QED) is 0.593. The molecule has 0 amide bonds. The van der Waals surface area contributed by atoms with Crippen molar-refractivity contribution in [3.05, 3.63) is 23.5 Å². The van der Waals surface area contributed by atoms with Gasteiger partial charge in [-0.1, -0.05) is 6.58 Å². The van der Waals surface area contributed by atoms with Gasteiger partial charge in [0.2, 0.25) is 0 Å². The number of aldehydes is 1. The molecule has 0 aliphatic carbocycles. The Morgan fingerprint density at radius 3 is 2.64 bits per heavy atom. The average molecular weight is 150 g/mol. The monoisotopic (exact) mass is 150 g/mol. The first kappa shape index (κ1) is 7.72. The van der Waals surface area contributed by atoms with Gasteiger partial charge < -0.3 is 0 Å². The fourth-order valence-electron chi connectivity index (χ4n) is 1.08. The molecular formula is C8H10N2O. The number of nitrogens with zero attached hydrogens (tertiary/aromatic N) is 2. The summed E-state index contributed by atoms with van der Waals surface area (Å²) in [5, 5.41) is 4.07. The zero-order valence-electron chi connectivity index (χ0n) is 6.66. The van der Waals surface area contributed by atoms with Gasteiger partial charge in [0.1, 0.15) is 0 Å². The fourth-order valence-corrected chi connectivity index (χ4v) is 1.08. The van der Waals surface area contributed by atoms with Gasteiger partial charge in [-0.2, -0.15) is 5.10 Å². The van der Waals surface area contributed by atoms with Crippen LogP contribution in [-0.4, -0.2) is 16.1 Å². The predicted molar refractivity (Wildman–Crippen MR) is 43.4 cm³/mol. The Labute approximate surface area is 65.3 Å². The minimum absolute atomic E-state index is 0.627. The van der Waals surface area contributed by atoms with Crippen LogP contribution in [0.2, 0.25) is 0 Å². The zero-order valence-corrected chi connectivity index (χ0v) is 6.66. The largest absolute Gasteiger partial charge is 0.298 e. The first-order valence-electron chi connectivity index (χ1n) is 3.32. The minimum atomic E-state index is 0.627. The average Bonchev–Trinajstić information content (AvgIpc) is 2.24. The number of hydrogen-bond donors (Lipinski definition) is 0. The molecule has 1 aromatic rings. The topological polar surface area (TPSA) is 34.9 Å². The van der Waals surface area contributed by atoms with Crippen LogP contribution in [-0.2, 0) is 7.05 Å². The second-order valence-electron chi connectivity index (χ2n) is 2.33. The molecule has 0 unspecified atom stereocenters. The van der Waals surface area contributed by atoms with Crippen molar-refractivity contribution >= 4 is 12.4 Å². The highest BCUT2D eigenvalue weighted by atomic mass is 16.1. The molecule has 0 N–H and O–H groups in total. The first-order chi connectivity index (χ1) is 5.20. The van der Waals surface area contributed by atoms with Crippen molar-refractivity contribution < 1.29 is 4.79 Å². The Hall–Kier alpha value is -1.38. The Balaban J connectivity index is 3.39. The van der Waals surface area contributed by atoms with E-state index >= 15 is 0 Å². The lowest BCUT2D eigenvalue weighted by Gasteiger charge is -1.92. The van der Waals surface area contributed by atoms with E-state index in [-0.39, 0.29) is 0 Å². The first-order valence-corrected chi connectivity index (χ1v) is 3.32. The van der Waals surface area contributed by atoms with Gasteiger partial charge >= 0.3 is 0 Å². The number of aromatic nitrogens is 2. The van der Waals surface area contributed by atoms with Crippen molar-refractivity contribution in [2.45, 2.75) is 6.92 Å². The van der Waals surface area contributed by atoms with Crippen molar-refractivity contribution in [2.24, 2.45) is 7.05 Å². The summed E-state index contributed by atoms with van der Waals surface area (Å²) in [7, 11) is 1.79. The van der Waals surface area contributed by atoms with E-state index in [9.17, 15) is 4.79 Å². The van der Waals surface area contributed by atoms with E-state index in [0.717, 1.165) is 17.7 Å². The maximum absolute atomic E-state index is 10.5. The fraction of sp³-hybridized carbons (Fsp3) is 0.250. The molecule has 3 heteroatoms. The van der Waals surface area contributed by atoms with Crippen LogP contribution < -0.4 is 0 Å². The van der Waals surface area contributed by atoms with Crippen molar-refractivity contribution in [1.29, 1.82) is 0 Å². The smallest absolute Gasteiger partial charge is 0.154 e. The summed E-state index contributed by atoms with van der Waals surface area (Å²) >= 11 is 0. The van der Waals surface area contributed by atoms with Crippen molar-refractivity contribution in [2.75, 3.05) is 0 Å². The molecule has 1 heterocycles. The van der Waals surface area contributed by atoms with Crippen molar-refractivity contribution in [1.82, 2.24) is 9.78 Å². The molecule has 0 fully saturated rings. The summed E-state index contributed by atoms with van der Waals surface area (Å²) in [6, 6.07) is 0. The Kier molecular flexibility index (Phi) is 1.89. The highest BCUT2D eigenvalue weighted by Crippen LogP contribution is 2.10. The van der Waals surface area contributed by atoms with E-state index in [0.29, 0.717) is 5.56 Å². The number of carbonyl (C=O) groups excluding carboxylic acids is 1. The summed E-state index contributed by atoms with van der Waals surface area (Å²) in [5.74, 6) is 0. The summed E-state index contributed by atoms with van der Waals surface area (Å²) in [6.07, 6.45) is 2.43. The number of rotatable bonds is 2. The maximum atomic E-state index is 10.5. The molecule has 0 aliphatic heterocycles. The van der Waals surface area contributed by atoms with Gasteiger partial charge in [-0.05, 0) is 13.0 Å². The zero-order chi connectivity index (χ0) is 8.43. The Morgan fingerprint density at radius 2 is 2.27 bits per heavy atom. The van der Waals surface area contributed by atoms with E-state index in [1.807, 2.05) is 0 Å². The third kappa shape index (κ3) is 1.09. The lowest BCUT2D eigenvalue weighted by Crippen LogP contribution is -1.93. The molecule has 1 rings (SSSR count). The van der Waals surface area contributed by atoms with Gasteiger partial charge in [-0.3, -0.25) is 9.48 Å². The molecule has 0 aliphatic rings. The molecular weight excluding hydrogens is 140 g/mol. The molecule has 0 saturated heterocycles. The predicted octanol–water partition coefficient (Wildman–Crippen LogP) is 1.18. The van der Waals surface area contributed by atoms with Gasteiger partial charge in [0, 0.05) is 7.05 Å². The molecule has 0 aromatic carbocycles. The van der Waals surface area contributed by atoms with Crippen LogP contribution in [0, 0.1) is 6.92 Å². The minimum Gasteiger partial charge on any atom is -0.298 e. The van der Waals surface area contributed by atoms with Crippen LogP contribution in [0.4, 0.5) is 0 Å². The number of carbonyl (C=O) groups is 1. The van der Waals surface area contributed by atoms with Gasteiger partial charge in [0.15, 0.2) is 6.29 Å². The van der Waals surface area contributed by atoms with Crippen LogP contribution >= 0.6 is 0 Å². The molecule has 0 saturated carbocycles. The molecule has 0 atom stereocenters. The second-order valence-corrected chi connectivity index (χ2v) is 2.33. The molecule has 0 bridgehead atoms. The summed E-state index contributed by atoms with van der Waals surface area (Å²) in [6.45, 7) is 5.40. The van der Waals surface area contributed by atoms with E-state index < -0.39 is 0 Å². The second kappa shape index (κ2) is 2.70. The third-order valence-electron chi connectivity index (χ3n) is 1.63. The Morgan fingerprint density at radius 1 is 1.64 bits per heavy atom. The Bertz CT molecular complexity index is 271. The van der Waals surface area contributed by atoms with Gasteiger partial charge in [-0.25, -0.2) is 0 Å². The number of hydrogen-bond acceptors (Lipinski definition) is 2. The van der Waals surface area contributed by atoms with Crippen molar-refractivity contribution in [3.63, 3.8) is 0 Å². The van der Waals surface area contributed by atoms with E-state index in [4.69, 9.17) is 0 Å². The van der Waals surface area contributed by atoms with Gasteiger partial charge in [0.05, 0.1) is 17.0 Å². The number of aryl methyl sites for hydroxylation is 2. The highest BCUT2D eigenvalue weighted by molar-refractivity contribution is 5.81. The molecule has 58 valence electrons. The standard InChI is InChI=1S/C8H10N2O/c1-4-8-7(5-11)6(2)9-10(8)3/h4-5H,1H2,2-3H3. The van der Waals surface area contributed by atoms with Crippen molar-refractivity contribution in [3.8, 4) is 0 Å². The van der Waals surface area contributed by atoms with Crippen LogP contribution in [0.5, 0.6) is 0 Å². The molecule has 1 aromatic heterocycles. The summed E-state index contributed by atoms with van der Waals surface area (Å²) < 4.78 is 1.64. The highest BCUT2D eigenvalue weighted by Gasteiger charge is 2.07. The van der Waals surface area contributed by atoms with E-state index in [1.165, 1.54) is 0 Å². The van der Waals surface area contributed by atoms with E-state index in [2.05, 4.69) is 11.7 Å². The van der Waals surface area contributed by atoms with Crippen LogP contribution in [0.25, 0.3) is 6.08 Å². The lowest BCUT2D eigenvalue weighted by molar-refractivity contribution is 0.112. The molecule has 0 radical (unpaired) electrons. The molecule has 11 heavy (non-hydrogen) atoms. The maximum Gasteiger partial charge on any atom is 0.154 e. The van der Waals surface area contributed by atoms with Crippen LogP contribution in [0.15, 0.2) is 6.58 Å². The van der Waals surface area contributed by atoms with Gasteiger partial charge in [-0.15, -0.1) is 0 Å². The van der Waals surface area contributed by atoms with Gasteiger partial charge in [0.25, 0.3) is 0 Å². The lowest BCUT2D eigenvalue weighted by atomic mass is 10.2. The SMILES string of the molecule is C=Cc1c(C=O)c(C)nn1C. The third-order valence-corrected chi connectivity index (χ3v) is 1.63. The van der Waals surface area contributed by atoms with Crippen LogP contribution in [0.3, 0.4) is 0 Å². The molecule has 3 nitrogen and oxygen atoms in total. The molecule has 0 spiro atoms. The van der Waals surface area contributed by atoms with Crippen LogP contribution in [0.1, 0.15) is 21.7 Å². The van der Waals surface area contributed by atoms with E-state index in [1.54, 1.807) is 24.7 Å². The normalized spacial score (nSPS) is 9.64. The summed E-state index contributed by atoms with van der Waals surface area (Å²) in [4.78, 5) is 10.5. The summed E-state index contributed by atoms with van der Waals surface area (Å²) in [5.41, 5.74) is 2.15.